The molecule has 0 aromatic heterocycles. The molecule has 1 unspecified atom stereocenters. The molecule has 15 heavy (non-hydrogen) atoms. The standard InChI is InChI=1S/C9H9NO5/c11-5-1-4(2-6(12)9(5)13)8(10-14)7-3-15-7/h1-2,7,11-14H,3H2/b10-8-. The maximum atomic E-state index is 9.24. The zero-order valence-corrected chi connectivity index (χ0v) is 7.58. The van der Waals surface area contributed by atoms with Crippen molar-refractivity contribution in [2.75, 3.05) is 6.61 Å². The molecule has 2 rings (SSSR count). The quantitative estimate of drug-likeness (QED) is 0.186. The minimum Gasteiger partial charge on any atom is -0.504 e. The molecule has 1 aromatic carbocycles. The Morgan fingerprint density at radius 1 is 1.27 bits per heavy atom. The van der Waals surface area contributed by atoms with Gasteiger partial charge in [-0.2, -0.15) is 0 Å². The number of aromatic hydroxyl groups is 3. The molecular formula is C9H9NO5. The van der Waals surface area contributed by atoms with Crippen LogP contribution in [0.15, 0.2) is 17.3 Å². The first-order valence-corrected chi connectivity index (χ1v) is 4.22. The van der Waals surface area contributed by atoms with Gasteiger partial charge in [0.25, 0.3) is 0 Å². The molecule has 0 aliphatic carbocycles. The summed E-state index contributed by atoms with van der Waals surface area (Å²) in [6.45, 7) is 0.432. The predicted octanol–water partition coefficient (Wildman–Crippen LogP) is 0.380. The fourth-order valence-electron chi connectivity index (χ4n) is 1.27. The molecule has 1 fully saturated rings. The van der Waals surface area contributed by atoms with Crippen LogP contribution in [-0.4, -0.2) is 38.9 Å². The molecule has 6 heteroatoms. The van der Waals surface area contributed by atoms with Crippen LogP contribution in [-0.2, 0) is 4.74 Å². The number of epoxide rings is 1. The monoisotopic (exact) mass is 211 g/mol. The normalized spacial score (nSPS) is 20.3. The van der Waals surface area contributed by atoms with Crippen LogP contribution in [0.1, 0.15) is 5.56 Å². The SMILES string of the molecule is O/N=C(/c1cc(O)c(O)c(O)c1)C1CO1. The molecule has 0 bridgehead atoms. The van der Waals surface area contributed by atoms with Crippen molar-refractivity contribution in [3.05, 3.63) is 17.7 Å². The Hall–Kier alpha value is -1.95. The Morgan fingerprint density at radius 2 is 1.80 bits per heavy atom. The van der Waals surface area contributed by atoms with E-state index in [1.54, 1.807) is 0 Å². The van der Waals surface area contributed by atoms with Crippen LogP contribution in [0.2, 0.25) is 0 Å². The van der Waals surface area contributed by atoms with E-state index in [0.29, 0.717) is 12.2 Å². The van der Waals surface area contributed by atoms with Crippen molar-refractivity contribution in [2.45, 2.75) is 6.10 Å². The Kier molecular flexibility index (Phi) is 2.12. The van der Waals surface area contributed by atoms with E-state index in [1.807, 2.05) is 0 Å². The molecule has 0 radical (unpaired) electrons. The van der Waals surface area contributed by atoms with Crippen molar-refractivity contribution in [1.82, 2.24) is 0 Å². The molecule has 0 amide bonds. The lowest BCUT2D eigenvalue weighted by atomic mass is 10.1. The molecule has 80 valence electrons. The van der Waals surface area contributed by atoms with Crippen LogP contribution in [0.25, 0.3) is 0 Å². The maximum absolute atomic E-state index is 9.24. The minimum atomic E-state index is -0.604. The second-order valence-corrected chi connectivity index (χ2v) is 3.17. The van der Waals surface area contributed by atoms with Crippen molar-refractivity contribution >= 4 is 5.71 Å². The summed E-state index contributed by atoms with van der Waals surface area (Å²) >= 11 is 0. The van der Waals surface area contributed by atoms with Gasteiger partial charge >= 0.3 is 0 Å². The van der Waals surface area contributed by atoms with Crippen molar-refractivity contribution in [3.63, 3.8) is 0 Å². The van der Waals surface area contributed by atoms with Crippen molar-refractivity contribution < 1.29 is 25.3 Å². The lowest BCUT2D eigenvalue weighted by Crippen LogP contribution is -2.08. The zero-order valence-electron chi connectivity index (χ0n) is 7.58. The number of oxime groups is 1. The van der Waals surface area contributed by atoms with Crippen LogP contribution in [0.4, 0.5) is 0 Å². The van der Waals surface area contributed by atoms with Gasteiger partial charge in [-0.1, -0.05) is 5.16 Å². The Balaban J connectivity index is 2.44. The number of phenolic OH excluding ortho intramolecular Hbond substituents is 3. The van der Waals surface area contributed by atoms with Crippen LogP contribution in [0.5, 0.6) is 17.2 Å². The van der Waals surface area contributed by atoms with Crippen LogP contribution in [0, 0.1) is 0 Å². The third kappa shape index (κ3) is 1.66. The van der Waals surface area contributed by atoms with E-state index in [4.69, 9.17) is 15.1 Å². The predicted molar refractivity (Wildman–Crippen MR) is 49.5 cm³/mol. The Bertz CT molecular complexity index is 402. The van der Waals surface area contributed by atoms with Gasteiger partial charge < -0.3 is 25.3 Å². The van der Waals surface area contributed by atoms with Gasteiger partial charge in [-0.3, -0.25) is 0 Å². The van der Waals surface area contributed by atoms with Gasteiger partial charge in [-0.15, -0.1) is 0 Å². The van der Waals surface area contributed by atoms with Crippen molar-refractivity contribution in [3.8, 4) is 17.2 Å². The molecule has 0 spiro atoms. The number of phenols is 3. The first kappa shape index (κ1) is 9.60. The molecule has 0 saturated carbocycles. The fourth-order valence-corrected chi connectivity index (χ4v) is 1.27. The van der Waals surface area contributed by atoms with Gasteiger partial charge in [0, 0.05) is 5.56 Å². The average Bonchev–Trinajstić information content (AvgIpc) is 2.99. The summed E-state index contributed by atoms with van der Waals surface area (Å²) in [5.41, 5.74) is 0.508. The van der Waals surface area contributed by atoms with E-state index in [1.165, 1.54) is 12.1 Å². The zero-order chi connectivity index (χ0) is 11.0. The summed E-state index contributed by atoms with van der Waals surface area (Å²) in [5.74, 6) is -1.56. The smallest absolute Gasteiger partial charge is 0.200 e. The maximum Gasteiger partial charge on any atom is 0.200 e. The molecule has 4 N–H and O–H groups in total. The molecule has 1 aromatic rings. The molecule has 1 aliphatic rings. The van der Waals surface area contributed by atoms with Gasteiger partial charge in [-0.25, -0.2) is 0 Å². The van der Waals surface area contributed by atoms with Crippen LogP contribution >= 0.6 is 0 Å². The van der Waals surface area contributed by atoms with E-state index in [0.717, 1.165) is 0 Å². The second kappa shape index (κ2) is 3.32. The van der Waals surface area contributed by atoms with Gasteiger partial charge in [0.1, 0.15) is 11.8 Å². The third-order valence-corrected chi connectivity index (χ3v) is 2.11. The number of ether oxygens (including phenoxy) is 1. The van der Waals surface area contributed by atoms with E-state index < -0.39 is 17.2 Å². The van der Waals surface area contributed by atoms with Gasteiger partial charge in [-0.05, 0) is 12.1 Å². The highest BCUT2D eigenvalue weighted by molar-refractivity contribution is 6.05. The van der Waals surface area contributed by atoms with Gasteiger partial charge in [0.2, 0.25) is 0 Å². The van der Waals surface area contributed by atoms with Crippen LogP contribution in [0.3, 0.4) is 0 Å². The minimum absolute atomic E-state index is 0.209. The average molecular weight is 211 g/mol. The summed E-state index contributed by atoms with van der Waals surface area (Å²) in [4.78, 5) is 0. The molecule has 1 saturated heterocycles. The number of rotatable bonds is 2. The van der Waals surface area contributed by atoms with Gasteiger partial charge in [0.15, 0.2) is 17.2 Å². The summed E-state index contributed by atoms with van der Waals surface area (Å²) in [6, 6.07) is 2.37. The number of nitrogens with zero attached hydrogens (tertiary/aromatic N) is 1. The Morgan fingerprint density at radius 3 is 2.20 bits per heavy atom. The lowest BCUT2D eigenvalue weighted by Gasteiger charge is -2.05. The topological polar surface area (TPSA) is 106 Å². The highest BCUT2D eigenvalue weighted by atomic mass is 16.6. The van der Waals surface area contributed by atoms with E-state index in [-0.39, 0.29) is 11.8 Å². The lowest BCUT2D eigenvalue weighted by molar-refractivity contribution is 0.315. The summed E-state index contributed by atoms with van der Waals surface area (Å²) in [5, 5.41) is 39.3. The molecule has 6 nitrogen and oxygen atoms in total. The fraction of sp³-hybridized carbons (Fsp3) is 0.222. The van der Waals surface area contributed by atoms with Crippen molar-refractivity contribution in [1.29, 1.82) is 0 Å². The highest BCUT2D eigenvalue weighted by Crippen LogP contribution is 2.36. The Labute approximate surface area is 84.7 Å². The molecule has 1 aliphatic heterocycles. The first-order chi connectivity index (χ1) is 7.13. The molecular weight excluding hydrogens is 202 g/mol. The first-order valence-electron chi connectivity index (χ1n) is 4.22. The number of benzene rings is 1. The summed E-state index contributed by atoms with van der Waals surface area (Å²) in [6.07, 6.45) is -0.321. The number of hydrogen-bond acceptors (Lipinski definition) is 6. The second-order valence-electron chi connectivity index (χ2n) is 3.17. The number of hydrogen-bond donors (Lipinski definition) is 4. The third-order valence-electron chi connectivity index (χ3n) is 2.11. The van der Waals surface area contributed by atoms with Crippen LogP contribution < -0.4 is 0 Å². The van der Waals surface area contributed by atoms with E-state index in [9.17, 15) is 10.2 Å². The largest absolute Gasteiger partial charge is 0.504 e. The highest BCUT2D eigenvalue weighted by Gasteiger charge is 2.31. The van der Waals surface area contributed by atoms with E-state index in [2.05, 4.69) is 5.16 Å². The molecule has 1 atom stereocenters. The van der Waals surface area contributed by atoms with E-state index >= 15 is 0 Å². The van der Waals surface area contributed by atoms with Gasteiger partial charge in [0.05, 0.1) is 6.61 Å². The van der Waals surface area contributed by atoms with Crippen molar-refractivity contribution in [2.24, 2.45) is 5.16 Å². The summed E-state index contributed by atoms with van der Waals surface area (Å²) < 4.78 is 4.91. The molecule has 1 heterocycles. The summed E-state index contributed by atoms with van der Waals surface area (Å²) in [7, 11) is 0.